The van der Waals surface area contributed by atoms with Crippen LogP contribution >= 0.6 is 0 Å². The van der Waals surface area contributed by atoms with E-state index >= 15 is 0 Å². The minimum atomic E-state index is 0.247. The highest BCUT2D eigenvalue weighted by Gasteiger charge is 2.31. The second-order valence-electron chi connectivity index (χ2n) is 5.79. The molecule has 0 aromatic heterocycles. The zero-order valence-corrected chi connectivity index (χ0v) is 12.7. The molecule has 0 amide bonds. The number of hydrogen-bond acceptors (Lipinski definition) is 5. The standard InChI is InChI=1S/C16H25N3O2/c1-20-16-5-3-2-4-14(16)18-7-9-19(10-8-18)15-12-21-11-6-13(15)17/h2-5,13,15H,6-12,17H2,1H3. The Hall–Kier alpha value is -1.30. The quantitative estimate of drug-likeness (QED) is 0.898. The van der Waals surface area contributed by atoms with Crippen molar-refractivity contribution in [3.8, 4) is 5.75 Å². The average molecular weight is 291 g/mol. The van der Waals surface area contributed by atoms with Crippen LogP contribution in [0.25, 0.3) is 0 Å². The van der Waals surface area contributed by atoms with Crippen molar-refractivity contribution in [1.82, 2.24) is 4.90 Å². The van der Waals surface area contributed by atoms with Crippen LogP contribution in [-0.2, 0) is 4.74 Å². The van der Waals surface area contributed by atoms with Gasteiger partial charge in [-0.2, -0.15) is 0 Å². The normalized spacial score (nSPS) is 27.6. The second-order valence-corrected chi connectivity index (χ2v) is 5.79. The molecule has 2 N–H and O–H groups in total. The van der Waals surface area contributed by atoms with Crippen LogP contribution in [0, 0.1) is 0 Å². The molecule has 116 valence electrons. The third-order valence-corrected chi connectivity index (χ3v) is 4.59. The Morgan fingerprint density at radius 2 is 1.95 bits per heavy atom. The molecule has 0 saturated carbocycles. The van der Waals surface area contributed by atoms with E-state index in [-0.39, 0.29) is 6.04 Å². The number of hydrogen-bond donors (Lipinski definition) is 1. The predicted molar refractivity (Wildman–Crippen MR) is 84.0 cm³/mol. The van der Waals surface area contributed by atoms with Gasteiger partial charge in [0.25, 0.3) is 0 Å². The first-order valence-corrected chi connectivity index (χ1v) is 7.75. The summed E-state index contributed by atoms with van der Waals surface area (Å²) in [6, 6.07) is 8.85. The molecule has 2 atom stereocenters. The number of benzene rings is 1. The Labute approximate surface area is 126 Å². The van der Waals surface area contributed by atoms with Gasteiger partial charge in [-0.25, -0.2) is 0 Å². The number of nitrogens with two attached hydrogens (primary N) is 1. The Morgan fingerprint density at radius 1 is 1.19 bits per heavy atom. The summed E-state index contributed by atoms with van der Waals surface area (Å²) in [7, 11) is 1.73. The Bertz CT molecular complexity index is 461. The minimum absolute atomic E-state index is 0.247. The maximum atomic E-state index is 6.25. The van der Waals surface area contributed by atoms with Crippen molar-refractivity contribution in [1.29, 1.82) is 0 Å². The van der Waals surface area contributed by atoms with Crippen LogP contribution in [0.4, 0.5) is 5.69 Å². The van der Waals surface area contributed by atoms with Gasteiger partial charge < -0.3 is 20.1 Å². The van der Waals surface area contributed by atoms with E-state index in [4.69, 9.17) is 15.2 Å². The number of ether oxygens (including phenoxy) is 2. The van der Waals surface area contributed by atoms with Crippen LogP contribution < -0.4 is 15.4 Å². The first kappa shape index (κ1) is 14.6. The van der Waals surface area contributed by atoms with Gasteiger partial charge in [-0.15, -0.1) is 0 Å². The highest BCUT2D eigenvalue weighted by molar-refractivity contribution is 5.58. The summed E-state index contributed by atoms with van der Waals surface area (Å²) < 4.78 is 11.1. The summed E-state index contributed by atoms with van der Waals surface area (Å²) in [5.74, 6) is 0.948. The SMILES string of the molecule is COc1ccccc1N1CCN(C2COCCC2N)CC1. The van der Waals surface area contributed by atoms with Crippen molar-refractivity contribution in [2.45, 2.75) is 18.5 Å². The van der Waals surface area contributed by atoms with Crippen LogP contribution in [-0.4, -0.2) is 63.5 Å². The van der Waals surface area contributed by atoms with Gasteiger partial charge in [-0.1, -0.05) is 12.1 Å². The number of para-hydroxylation sites is 2. The fourth-order valence-corrected chi connectivity index (χ4v) is 3.30. The highest BCUT2D eigenvalue weighted by Crippen LogP contribution is 2.28. The van der Waals surface area contributed by atoms with Gasteiger partial charge in [0.2, 0.25) is 0 Å². The summed E-state index contributed by atoms with van der Waals surface area (Å²) in [5.41, 5.74) is 7.43. The lowest BCUT2D eigenvalue weighted by molar-refractivity contribution is 0.00391. The smallest absolute Gasteiger partial charge is 0.142 e. The molecule has 0 aliphatic carbocycles. The maximum absolute atomic E-state index is 6.25. The van der Waals surface area contributed by atoms with Crippen molar-refractivity contribution in [3.63, 3.8) is 0 Å². The van der Waals surface area contributed by atoms with Crippen LogP contribution in [0.3, 0.4) is 0 Å². The molecule has 5 nitrogen and oxygen atoms in total. The second kappa shape index (κ2) is 6.64. The van der Waals surface area contributed by atoms with Crippen molar-refractivity contribution in [2.75, 3.05) is 51.4 Å². The van der Waals surface area contributed by atoms with Gasteiger partial charge in [0.05, 0.1) is 19.4 Å². The van der Waals surface area contributed by atoms with E-state index in [1.165, 1.54) is 5.69 Å². The molecule has 2 heterocycles. The van der Waals surface area contributed by atoms with Crippen LogP contribution in [0.1, 0.15) is 6.42 Å². The zero-order valence-electron chi connectivity index (χ0n) is 12.7. The zero-order chi connectivity index (χ0) is 14.7. The molecular weight excluding hydrogens is 266 g/mol. The van der Waals surface area contributed by atoms with Gasteiger partial charge in [0, 0.05) is 44.9 Å². The topological polar surface area (TPSA) is 51.0 Å². The van der Waals surface area contributed by atoms with E-state index in [1.54, 1.807) is 7.11 Å². The third-order valence-electron chi connectivity index (χ3n) is 4.59. The van der Waals surface area contributed by atoms with Gasteiger partial charge in [0.15, 0.2) is 0 Å². The predicted octanol–water partition coefficient (Wildman–Crippen LogP) is 0.933. The van der Waals surface area contributed by atoms with E-state index < -0.39 is 0 Å². The summed E-state index contributed by atoms with van der Waals surface area (Å²) in [6.45, 7) is 5.64. The first-order valence-electron chi connectivity index (χ1n) is 7.75. The molecule has 1 aromatic carbocycles. The van der Waals surface area contributed by atoms with Crippen LogP contribution in [0.15, 0.2) is 24.3 Å². The fraction of sp³-hybridized carbons (Fsp3) is 0.625. The molecular formula is C16H25N3O2. The van der Waals surface area contributed by atoms with Crippen molar-refractivity contribution < 1.29 is 9.47 Å². The molecule has 2 fully saturated rings. The molecule has 5 heteroatoms. The Morgan fingerprint density at radius 3 is 2.67 bits per heavy atom. The number of nitrogens with zero attached hydrogens (tertiary/aromatic N) is 2. The van der Waals surface area contributed by atoms with E-state index in [1.807, 2.05) is 12.1 Å². The summed E-state index contributed by atoms with van der Waals surface area (Å²) in [6.07, 6.45) is 0.970. The lowest BCUT2D eigenvalue weighted by atomic mass is 10.0. The largest absolute Gasteiger partial charge is 0.495 e. The number of rotatable bonds is 3. The van der Waals surface area contributed by atoms with Gasteiger partial charge in [0.1, 0.15) is 5.75 Å². The lowest BCUT2D eigenvalue weighted by Crippen LogP contribution is -2.59. The fourth-order valence-electron chi connectivity index (χ4n) is 3.30. The first-order chi connectivity index (χ1) is 10.3. The Kier molecular flexibility index (Phi) is 4.63. The van der Waals surface area contributed by atoms with Gasteiger partial charge >= 0.3 is 0 Å². The lowest BCUT2D eigenvalue weighted by Gasteiger charge is -2.43. The van der Waals surface area contributed by atoms with Gasteiger partial charge in [-0.05, 0) is 18.6 Å². The summed E-state index contributed by atoms with van der Waals surface area (Å²) in [4.78, 5) is 4.88. The molecule has 2 unspecified atom stereocenters. The molecule has 2 saturated heterocycles. The van der Waals surface area contributed by atoms with Crippen molar-refractivity contribution in [2.24, 2.45) is 5.73 Å². The number of anilines is 1. The van der Waals surface area contributed by atoms with E-state index in [0.717, 1.165) is 51.6 Å². The molecule has 3 rings (SSSR count). The van der Waals surface area contributed by atoms with Gasteiger partial charge in [-0.3, -0.25) is 4.90 Å². The van der Waals surface area contributed by atoms with Crippen LogP contribution in [0.5, 0.6) is 5.75 Å². The molecule has 21 heavy (non-hydrogen) atoms. The molecule has 2 aliphatic rings. The number of methoxy groups -OCH3 is 1. The molecule has 0 bridgehead atoms. The third kappa shape index (κ3) is 3.15. The monoisotopic (exact) mass is 291 g/mol. The highest BCUT2D eigenvalue weighted by atomic mass is 16.5. The summed E-state index contributed by atoms with van der Waals surface area (Å²) in [5, 5.41) is 0. The molecule has 0 radical (unpaired) electrons. The van der Waals surface area contributed by atoms with E-state index in [9.17, 15) is 0 Å². The van der Waals surface area contributed by atoms with Crippen molar-refractivity contribution >= 4 is 5.69 Å². The van der Waals surface area contributed by atoms with E-state index in [2.05, 4.69) is 21.9 Å². The molecule has 0 spiro atoms. The van der Waals surface area contributed by atoms with Crippen molar-refractivity contribution in [3.05, 3.63) is 24.3 Å². The van der Waals surface area contributed by atoms with E-state index in [0.29, 0.717) is 6.04 Å². The minimum Gasteiger partial charge on any atom is -0.495 e. The molecule has 1 aromatic rings. The average Bonchev–Trinajstić information content (AvgIpc) is 2.55. The summed E-state index contributed by atoms with van der Waals surface area (Å²) >= 11 is 0. The Balaban J connectivity index is 1.62. The maximum Gasteiger partial charge on any atom is 0.142 e. The van der Waals surface area contributed by atoms with Crippen LogP contribution in [0.2, 0.25) is 0 Å². The molecule has 2 aliphatic heterocycles. The number of piperazine rings is 1.